The molecule has 1 aromatic carbocycles. The molecule has 1 rings (SSSR count). The molecule has 8 heteroatoms. The number of halogens is 5. The molecule has 1 unspecified atom stereocenters. The quantitative estimate of drug-likeness (QED) is 0.627. The summed E-state index contributed by atoms with van der Waals surface area (Å²) in [6.45, 7) is 1.19. The van der Waals surface area contributed by atoms with E-state index in [1.165, 1.54) is 30.4 Å². The molecule has 3 N–H and O–H groups in total. The lowest BCUT2D eigenvalue weighted by molar-refractivity contribution is -0.176. The second kappa shape index (κ2) is 6.38. The molecule has 1 amide bonds. The maximum absolute atomic E-state index is 14.3. The molecule has 21 heavy (non-hydrogen) atoms. The number of alkyl halides is 5. The van der Waals surface area contributed by atoms with Crippen molar-refractivity contribution in [1.29, 1.82) is 0 Å². The number of amides is 1. The van der Waals surface area contributed by atoms with Crippen LogP contribution < -0.4 is 11.1 Å². The Kier molecular flexibility index (Phi) is 5.27. The van der Waals surface area contributed by atoms with Crippen molar-refractivity contribution < 1.29 is 26.7 Å². The van der Waals surface area contributed by atoms with E-state index in [2.05, 4.69) is 0 Å². The van der Waals surface area contributed by atoms with E-state index >= 15 is 0 Å². The summed E-state index contributed by atoms with van der Waals surface area (Å²) in [5.74, 6) is -5.44. The molecular weight excluding hydrogens is 295 g/mol. The van der Waals surface area contributed by atoms with Crippen LogP contribution in [-0.4, -0.2) is 24.0 Å². The summed E-state index contributed by atoms with van der Waals surface area (Å²) < 4.78 is 67.1. The van der Waals surface area contributed by atoms with Crippen molar-refractivity contribution in [2.24, 2.45) is 5.73 Å². The number of hydrogen-bond donors (Lipinski definition) is 2. The highest BCUT2D eigenvalue weighted by Gasteiger charge is 2.52. The summed E-state index contributed by atoms with van der Waals surface area (Å²) in [5, 5.41) is 1.40. The van der Waals surface area contributed by atoms with Gasteiger partial charge in [0.25, 0.3) is 11.7 Å². The average molecular weight is 310 g/mol. The van der Waals surface area contributed by atoms with Crippen LogP contribution >= 0.6 is 0 Å². The van der Waals surface area contributed by atoms with Gasteiger partial charge in [-0.15, -0.1) is 0 Å². The fraction of sp³-hybridized carbons (Fsp3) is 0.462. The summed E-state index contributed by atoms with van der Waals surface area (Å²) in [6, 6.07) is 3.72. The zero-order valence-corrected chi connectivity index (χ0v) is 11.1. The van der Waals surface area contributed by atoms with Crippen LogP contribution in [0, 0.1) is 0 Å². The number of carbonyl (C=O) groups is 1. The second-order valence-electron chi connectivity index (χ2n) is 4.48. The van der Waals surface area contributed by atoms with Gasteiger partial charge in [-0.25, -0.2) is 8.78 Å². The molecule has 1 aromatic rings. The van der Waals surface area contributed by atoms with Crippen LogP contribution in [0.3, 0.4) is 0 Å². The van der Waals surface area contributed by atoms with E-state index in [1.807, 2.05) is 0 Å². The molecule has 0 saturated carbocycles. The number of hydrogen-bond acceptors (Lipinski definition) is 2. The first kappa shape index (κ1) is 17.4. The molecule has 0 aliphatic carbocycles. The minimum absolute atomic E-state index is 0.350. The summed E-state index contributed by atoms with van der Waals surface area (Å²) in [7, 11) is 0. The Morgan fingerprint density at radius 1 is 1.24 bits per heavy atom. The molecule has 0 spiro atoms. The van der Waals surface area contributed by atoms with Crippen molar-refractivity contribution in [2.45, 2.75) is 37.5 Å². The van der Waals surface area contributed by atoms with Gasteiger partial charge in [0.05, 0.1) is 0 Å². The van der Waals surface area contributed by atoms with Crippen LogP contribution in [0.15, 0.2) is 30.3 Å². The maximum atomic E-state index is 14.3. The molecule has 3 atom stereocenters. The summed E-state index contributed by atoms with van der Waals surface area (Å²) in [4.78, 5) is 11.1. The van der Waals surface area contributed by atoms with Gasteiger partial charge in [0.15, 0.2) is 6.17 Å². The minimum atomic E-state index is -4.93. The Morgan fingerprint density at radius 2 is 1.76 bits per heavy atom. The van der Waals surface area contributed by atoms with Crippen LogP contribution in [0.2, 0.25) is 0 Å². The third-order valence-corrected chi connectivity index (χ3v) is 2.96. The zero-order valence-electron chi connectivity index (χ0n) is 11.1. The standard InChI is InChI=1S/C13H15F5N2O/c1-2-9(14)12(15,11(19)21)20-10(13(16,17)18)8-6-4-3-5-7-8/h3-7,9-10,20H,2H2,1H3,(H2,19,21)/t9?,10-,12-/m0/s1. The minimum Gasteiger partial charge on any atom is -0.366 e. The topological polar surface area (TPSA) is 55.1 Å². The Morgan fingerprint density at radius 3 is 2.14 bits per heavy atom. The van der Waals surface area contributed by atoms with Crippen LogP contribution in [-0.2, 0) is 4.79 Å². The van der Waals surface area contributed by atoms with Crippen LogP contribution in [0.25, 0.3) is 0 Å². The highest BCUT2D eigenvalue weighted by atomic mass is 19.4. The molecule has 0 fully saturated rings. The van der Waals surface area contributed by atoms with Gasteiger partial charge in [-0.05, 0) is 12.0 Å². The van der Waals surface area contributed by atoms with Gasteiger partial charge in [0, 0.05) is 0 Å². The first-order valence-corrected chi connectivity index (χ1v) is 6.15. The molecule has 0 aromatic heterocycles. The molecule has 0 heterocycles. The predicted molar refractivity (Wildman–Crippen MR) is 66.6 cm³/mol. The smallest absolute Gasteiger partial charge is 0.366 e. The maximum Gasteiger partial charge on any atom is 0.408 e. The Bertz CT molecular complexity index is 479. The second-order valence-corrected chi connectivity index (χ2v) is 4.48. The highest BCUT2D eigenvalue weighted by Crippen LogP contribution is 2.35. The summed E-state index contributed by atoms with van der Waals surface area (Å²) in [5.41, 5.74) is 4.38. The highest BCUT2D eigenvalue weighted by molar-refractivity contribution is 5.83. The van der Waals surface area contributed by atoms with E-state index in [0.29, 0.717) is 0 Å². The lowest BCUT2D eigenvalue weighted by Gasteiger charge is -2.32. The van der Waals surface area contributed by atoms with Crippen LogP contribution in [0.5, 0.6) is 0 Å². The van der Waals surface area contributed by atoms with Gasteiger partial charge in [-0.2, -0.15) is 13.2 Å². The SMILES string of the molecule is CCC(F)[C@](F)(N[C@@H](c1ccccc1)C(F)(F)F)C(N)=O. The van der Waals surface area contributed by atoms with Gasteiger partial charge < -0.3 is 5.73 Å². The number of benzene rings is 1. The molecule has 0 bridgehead atoms. The Hall–Kier alpha value is -1.70. The number of primary amides is 1. The van der Waals surface area contributed by atoms with E-state index in [-0.39, 0.29) is 5.56 Å². The van der Waals surface area contributed by atoms with Crippen molar-refractivity contribution in [1.82, 2.24) is 5.32 Å². The van der Waals surface area contributed by atoms with Crippen molar-refractivity contribution in [3.05, 3.63) is 35.9 Å². The Labute approximate surface area is 118 Å². The molecule has 0 aliphatic rings. The number of carbonyl (C=O) groups excluding carboxylic acids is 1. The van der Waals surface area contributed by atoms with E-state index in [9.17, 15) is 26.7 Å². The summed E-state index contributed by atoms with van der Waals surface area (Å²) in [6.07, 6.45) is -7.93. The van der Waals surface area contributed by atoms with Gasteiger partial charge in [-0.3, -0.25) is 10.1 Å². The van der Waals surface area contributed by atoms with Crippen molar-refractivity contribution in [3.8, 4) is 0 Å². The lowest BCUT2D eigenvalue weighted by atomic mass is 10.0. The van der Waals surface area contributed by atoms with Gasteiger partial charge in [-0.1, -0.05) is 37.3 Å². The summed E-state index contributed by atoms with van der Waals surface area (Å²) >= 11 is 0. The van der Waals surface area contributed by atoms with E-state index in [4.69, 9.17) is 5.73 Å². The number of nitrogens with one attached hydrogen (secondary N) is 1. The monoisotopic (exact) mass is 310 g/mol. The molecule has 0 saturated heterocycles. The van der Waals surface area contributed by atoms with Gasteiger partial charge >= 0.3 is 6.18 Å². The van der Waals surface area contributed by atoms with Crippen molar-refractivity contribution in [2.75, 3.05) is 0 Å². The molecule has 3 nitrogen and oxygen atoms in total. The largest absolute Gasteiger partial charge is 0.408 e. The third kappa shape index (κ3) is 3.90. The first-order chi connectivity index (χ1) is 9.63. The normalized spacial score (nSPS) is 17.8. The van der Waals surface area contributed by atoms with Crippen LogP contribution in [0.4, 0.5) is 22.0 Å². The van der Waals surface area contributed by atoms with E-state index in [0.717, 1.165) is 12.1 Å². The van der Waals surface area contributed by atoms with E-state index < -0.39 is 36.5 Å². The number of nitrogens with two attached hydrogens (primary N) is 1. The fourth-order valence-electron chi connectivity index (χ4n) is 1.81. The van der Waals surface area contributed by atoms with Crippen LogP contribution in [0.1, 0.15) is 24.9 Å². The van der Waals surface area contributed by atoms with Gasteiger partial charge in [0.2, 0.25) is 0 Å². The molecule has 0 aliphatic heterocycles. The lowest BCUT2D eigenvalue weighted by Crippen LogP contribution is -2.60. The first-order valence-electron chi connectivity index (χ1n) is 6.15. The van der Waals surface area contributed by atoms with Crippen molar-refractivity contribution in [3.63, 3.8) is 0 Å². The molecule has 118 valence electrons. The molecular formula is C13H15F5N2O. The van der Waals surface area contributed by atoms with Crippen molar-refractivity contribution >= 4 is 5.91 Å². The fourth-order valence-corrected chi connectivity index (χ4v) is 1.81. The average Bonchev–Trinajstić information content (AvgIpc) is 2.43. The Balaban J connectivity index is 3.20. The predicted octanol–water partition coefficient (Wildman–Crippen LogP) is 2.78. The number of rotatable bonds is 6. The van der Waals surface area contributed by atoms with E-state index in [1.54, 1.807) is 0 Å². The van der Waals surface area contributed by atoms with Gasteiger partial charge in [0.1, 0.15) is 6.04 Å². The molecule has 0 radical (unpaired) electrons. The third-order valence-electron chi connectivity index (χ3n) is 2.96. The zero-order chi connectivity index (χ0) is 16.3.